The summed E-state index contributed by atoms with van der Waals surface area (Å²) >= 11 is 0. The fourth-order valence-electron chi connectivity index (χ4n) is 5.01. The molecule has 3 aromatic carbocycles. The van der Waals surface area contributed by atoms with Crippen LogP contribution >= 0.6 is 0 Å². The molecular formula is C28H28N2O5. The Morgan fingerprint density at radius 2 is 1.66 bits per heavy atom. The Morgan fingerprint density at radius 1 is 0.914 bits per heavy atom. The van der Waals surface area contributed by atoms with Crippen molar-refractivity contribution in [3.05, 3.63) is 65.7 Å². The summed E-state index contributed by atoms with van der Waals surface area (Å²) < 4.78 is 16.7. The van der Waals surface area contributed by atoms with Gasteiger partial charge in [-0.25, -0.2) is 0 Å². The molecule has 0 radical (unpaired) electrons. The van der Waals surface area contributed by atoms with Crippen molar-refractivity contribution in [3.8, 4) is 11.5 Å². The summed E-state index contributed by atoms with van der Waals surface area (Å²) in [7, 11) is 0. The molecular weight excluding hydrogens is 444 g/mol. The molecule has 3 aromatic rings. The maximum absolute atomic E-state index is 13.5. The molecule has 0 aromatic heterocycles. The lowest BCUT2D eigenvalue weighted by molar-refractivity contribution is -0.117. The van der Waals surface area contributed by atoms with E-state index in [9.17, 15) is 9.59 Å². The Labute approximate surface area is 203 Å². The van der Waals surface area contributed by atoms with E-state index in [1.165, 1.54) is 0 Å². The lowest BCUT2D eigenvalue weighted by Gasteiger charge is -2.38. The van der Waals surface area contributed by atoms with Crippen molar-refractivity contribution in [2.24, 2.45) is 5.92 Å². The molecule has 2 N–H and O–H groups in total. The Morgan fingerprint density at radius 3 is 2.43 bits per heavy atom. The minimum absolute atomic E-state index is 0.0180. The predicted molar refractivity (Wildman–Crippen MR) is 132 cm³/mol. The lowest BCUT2D eigenvalue weighted by atomic mass is 9.74. The van der Waals surface area contributed by atoms with Gasteiger partial charge in [-0.05, 0) is 66.3 Å². The van der Waals surface area contributed by atoms with E-state index < -0.39 is 0 Å². The Hall–Kier alpha value is -3.58. The standard InChI is InChI=1S/C28H28N2O5/c31-26(18-5-6-18)30-23-14-20-4-2-1-3-19(20)13-22(23)27(32)29-16-28(9-11-33-12-10-28)21-7-8-24-25(15-21)35-17-34-24/h1-4,7-8,13-15,18H,5-6,9-12,16-17H2,(H,29,32)(H,30,31). The quantitative estimate of drug-likeness (QED) is 0.556. The van der Waals surface area contributed by atoms with Crippen LogP contribution in [0.25, 0.3) is 10.8 Å². The number of anilines is 1. The van der Waals surface area contributed by atoms with Gasteiger partial charge < -0.3 is 24.8 Å². The minimum atomic E-state index is -0.275. The van der Waals surface area contributed by atoms with E-state index in [0.717, 1.165) is 53.5 Å². The van der Waals surface area contributed by atoms with E-state index in [2.05, 4.69) is 16.7 Å². The first-order valence-corrected chi connectivity index (χ1v) is 12.2. The summed E-state index contributed by atoms with van der Waals surface area (Å²) in [6.45, 7) is 1.94. The van der Waals surface area contributed by atoms with Crippen LogP contribution in [0.15, 0.2) is 54.6 Å². The summed E-state index contributed by atoms with van der Waals surface area (Å²) in [6.07, 6.45) is 3.38. The van der Waals surface area contributed by atoms with Crippen LogP contribution in [0.2, 0.25) is 0 Å². The summed E-state index contributed by atoms with van der Waals surface area (Å²) in [5, 5.41) is 8.12. The minimum Gasteiger partial charge on any atom is -0.454 e. The van der Waals surface area contributed by atoms with Crippen molar-refractivity contribution in [2.45, 2.75) is 31.1 Å². The molecule has 2 aliphatic heterocycles. The van der Waals surface area contributed by atoms with Crippen molar-refractivity contribution in [1.29, 1.82) is 0 Å². The summed E-state index contributed by atoms with van der Waals surface area (Å²) in [5.41, 5.74) is 1.86. The van der Waals surface area contributed by atoms with Crippen molar-refractivity contribution < 1.29 is 23.8 Å². The number of hydrogen-bond donors (Lipinski definition) is 2. The van der Waals surface area contributed by atoms with Crippen LogP contribution in [0.1, 0.15) is 41.6 Å². The summed E-state index contributed by atoms with van der Waals surface area (Å²) in [6, 6.07) is 17.6. The van der Waals surface area contributed by atoms with E-state index in [1.807, 2.05) is 48.5 Å². The first-order valence-electron chi connectivity index (χ1n) is 12.2. The highest BCUT2D eigenvalue weighted by atomic mass is 16.7. The highest BCUT2D eigenvalue weighted by Gasteiger charge is 2.36. The van der Waals surface area contributed by atoms with Crippen LogP contribution in [-0.4, -0.2) is 38.4 Å². The van der Waals surface area contributed by atoms with Gasteiger partial charge in [0.05, 0.1) is 11.3 Å². The van der Waals surface area contributed by atoms with Gasteiger partial charge in [0.2, 0.25) is 12.7 Å². The number of rotatable bonds is 6. The van der Waals surface area contributed by atoms with E-state index >= 15 is 0 Å². The highest BCUT2D eigenvalue weighted by molar-refractivity contribution is 6.08. The Kier molecular flexibility index (Phi) is 5.57. The van der Waals surface area contributed by atoms with Gasteiger partial charge in [-0.3, -0.25) is 9.59 Å². The van der Waals surface area contributed by atoms with Crippen LogP contribution in [0.5, 0.6) is 11.5 Å². The molecule has 0 unspecified atom stereocenters. The normalized spacial score (nSPS) is 18.3. The molecule has 1 aliphatic carbocycles. The first kappa shape index (κ1) is 21.9. The lowest BCUT2D eigenvalue weighted by Crippen LogP contribution is -2.44. The zero-order valence-corrected chi connectivity index (χ0v) is 19.5. The zero-order valence-electron chi connectivity index (χ0n) is 19.5. The molecule has 6 rings (SSSR count). The molecule has 180 valence electrons. The van der Waals surface area contributed by atoms with Crippen molar-refractivity contribution in [1.82, 2.24) is 5.32 Å². The van der Waals surface area contributed by atoms with Crippen molar-refractivity contribution in [3.63, 3.8) is 0 Å². The third kappa shape index (κ3) is 4.32. The number of hydrogen-bond acceptors (Lipinski definition) is 5. The third-order valence-electron chi connectivity index (χ3n) is 7.36. The topological polar surface area (TPSA) is 85.9 Å². The van der Waals surface area contributed by atoms with Crippen LogP contribution in [0.3, 0.4) is 0 Å². The number of nitrogens with one attached hydrogen (secondary N) is 2. The smallest absolute Gasteiger partial charge is 0.253 e. The molecule has 7 nitrogen and oxygen atoms in total. The average Bonchev–Trinajstić information content (AvgIpc) is 3.64. The molecule has 2 fully saturated rings. The van der Waals surface area contributed by atoms with Gasteiger partial charge in [-0.15, -0.1) is 0 Å². The molecule has 7 heteroatoms. The van der Waals surface area contributed by atoms with Gasteiger partial charge >= 0.3 is 0 Å². The van der Waals surface area contributed by atoms with E-state index in [0.29, 0.717) is 31.0 Å². The third-order valence-corrected chi connectivity index (χ3v) is 7.36. The number of carbonyl (C=O) groups is 2. The fraction of sp³-hybridized carbons (Fsp3) is 0.357. The van der Waals surface area contributed by atoms with E-state index in [-0.39, 0.29) is 29.9 Å². The Balaban J connectivity index is 1.28. The second kappa shape index (κ2) is 8.89. The van der Waals surface area contributed by atoms with Crippen molar-refractivity contribution in [2.75, 3.05) is 31.9 Å². The molecule has 0 bridgehead atoms. The Bertz CT molecular complexity index is 1290. The number of fused-ring (bicyclic) bond motifs is 2. The first-order chi connectivity index (χ1) is 17.1. The molecule has 2 heterocycles. The van der Waals surface area contributed by atoms with Gasteiger partial charge in [-0.2, -0.15) is 0 Å². The number of amides is 2. The largest absolute Gasteiger partial charge is 0.454 e. The van der Waals surface area contributed by atoms with Crippen LogP contribution in [0, 0.1) is 5.92 Å². The van der Waals surface area contributed by atoms with E-state index in [4.69, 9.17) is 14.2 Å². The van der Waals surface area contributed by atoms with Crippen LogP contribution in [0.4, 0.5) is 5.69 Å². The van der Waals surface area contributed by atoms with Gasteiger partial charge in [0.1, 0.15) is 0 Å². The van der Waals surface area contributed by atoms with Gasteiger partial charge in [0.15, 0.2) is 11.5 Å². The maximum Gasteiger partial charge on any atom is 0.253 e. The average molecular weight is 473 g/mol. The monoisotopic (exact) mass is 472 g/mol. The van der Waals surface area contributed by atoms with Crippen molar-refractivity contribution >= 4 is 28.3 Å². The molecule has 35 heavy (non-hydrogen) atoms. The van der Waals surface area contributed by atoms with Crippen LogP contribution in [-0.2, 0) is 14.9 Å². The summed E-state index contributed by atoms with van der Waals surface area (Å²) in [5.74, 6) is 1.31. The molecule has 0 spiro atoms. The maximum atomic E-state index is 13.5. The molecule has 1 saturated heterocycles. The van der Waals surface area contributed by atoms with E-state index in [1.54, 1.807) is 0 Å². The molecule has 3 aliphatic rings. The number of benzene rings is 3. The molecule has 1 saturated carbocycles. The van der Waals surface area contributed by atoms with Gasteiger partial charge in [0.25, 0.3) is 5.91 Å². The fourth-order valence-corrected chi connectivity index (χ4v) is 5.01. The predicted octanol–water partition coefficient (Wildman–Crippen LogP) is 4.40. The second-order valence-electron chi connectivity index (χ2n) is 9.65. The van der Waals surface area contributed by atoms with Crippen LogP contribution < -0.4 is 20.1 Å². The van der Waals surface area contributed by atoms with Gasteiger partial charge in [0, 0.05) is 31.1 Å². The molecule has 0 atom stereocenters. The number of carbonyl (C=O) groups excluding carboxylic acids is 2. The van der Waals surface area contributed by atoms with Gasteiger partial charge in [-0.1, -0.05) is 30.3 Å². The number of ether oxygens (including phenoxy) is 3. The second-order valence-corrected chi connectivity index (χ2v) is 9.65. The SMILES string of the molecule is O=C(NCC1(c2ccc3c(c2)OCO3)CCOCC1)c1cc2ccccc2cc1NC(=O)C1CC1. The zero-order chi connectivity index (χ0) is 23.8. The highest BCUT2D eigenvalue weighted by Crippen LogP contribution is 2.41. The molecule has 2 amide bonds. The summed E-state index contributed by atoms with van der Waals surface area (Å²) in [4.78, 5) is 26.1.